The molecule has 0 aromatic heterocycles. The SMILES string of the molecule is CCC1=C(CC)C2=C(C(N)=O)C3=NC(=C(CC)C4=NC(=C(CC)C5=NC(=CC1=N2)C=C5)C(CC)=C4CC)C(CC)=C3CC. The Balaban J connectivity index is 1.98. The van der Waals surface area contributed by atoms with E-state index in [1.165, 1.54) is 22.3 Å². The summed E-state index contributed by atoms with van der Waals surface area (Å²) in [7, 11) is 0. The third-order valence-electron chi connectivity index (χ3n) is 9.17. The van der Waals surface area contributed by atoms with Crippen LogP contribution in [-0.2, 0) is 4.79 Å². The third-order valence-corrected chi connectivity index (χ3v) is 9.17. The van der Waals surface area contributed by atoms with Crippen LogP contribution in [0, 0.1) is 0 Å². The number of fused-ring (bicyclic) bond motifs is 4. The lowest BCUT2D eigenvalue weighted by atomic mass is 9.88. The van der Waals surface area contributed by atoms with Crippen molar-refractivity contribution in [1.82, 2.24) is 0 Å². The maximum absolute atomic E-state index is 13.4. The highest BCUT2D eigenvalue weighted by Crippen LogP contribution is 2.43. The highest BCUT2D eigenvalue weighted by atomic mass is 16.1. The van der Waals surface area contributed by atoms with Gasteiger partial charge in [-0.1, -0.05) is 55.4 Å². The van der Waals surface area contributed by atoms with Gasteiger partial charge in [-0.3, -0.25) is 4.79 Å². The van der Waals surface area contributed by atoms with E-state index in [-0.39, 0.29) is 0 Å². The van der Waals surface area contributed by atoms with Gasteiger partial charge in [0, 0.05) is 11.1 Å². The van der Waals surface area contributed by atoms with Gasteiger partial charge < -0.3 is 5.73 Å². The number of aliphatic imine (C=N–C) groups is 4. The molecule has 0 radical (unpaired) electrons. The Morgan fingerprint density at radius 3 is 1.53 bits per heavy atom. The summed E-state index contributed by atoms with van der Waals surface area (Å²) in [6.07, 6.45) is 12.7. The van der Waals surface area contributed by atoms with Gasteiger partial charge in [-0.05, 0) is 103 Å². The van der Waals surface area contributed by atoms with Gasteiger partial charge in [0.25, 0.3) is 5.91 Å². The average Bonchev–Trinajstić information content (AvgIpc) is 3.77. The van der Waals surface area contributed by atoms with Crippen LogP contribution in [0.3, 0.4) is 0 Å². The van der Waals surface area contributed by atoms with Gasteiger partial charge in [0.2, 0.25) is 0 Å². The van der Waals surface area contributed by atoms with Crippen molar-refractivity contribution in [3.05, 3.63) is 91.2 Å². The predicted octanol–water partition coefficient (Wildman–Crippen LogP) is 8.68. The molecule has 0 atom stereocenters. The molecule has 0 saturated heterocycles. The van der Waals surface area contributed by atoms with Crippen molar-refractivity contribution in [2.45, 2.75) is 107 Å². The number of nitrogens with two attached hydrogens (primary N) is 1. The average molecular weight is 576 g/mol. The number of amides is 1. The fourth-order valence-electron chi connectivity index (χ4n) is 7.23. The number of hydrogen-bond donors (Lipinski definition) is 1. The van der Waals surface area contributed by atoms with E-state index in [4.69, 9.17) is 25.7 Å². The molecule has 0 aromatic carbocycles. The van der Waals surface area contributed by atoms with Crippen LogP contribution >= 0.6 is 0 Å². The highest BCUT2D eigenvalue weighted by Gasteiger charge is 2.36. The maximum atomic E-state index is 13.4. The van der Waals surface area contributed by atoms with Crippen molar-refractivity contribution < 1.29 is 4.79 Å². The summed E-state index contributed by atoms with van der Waals surface area (Å²) in [5.41, 5.74) is 23.0. The van der Waals surface area contributed by atoms with E-state index in [1.54, 1.807) is 0 Å². The van der Waals surface area contributed by atoms with Gasteiger partial charge in [-0.25, -0.2) is 20.0 Å². The molecule has 5 aliphatic heterocycles. The molecule has 0 saturated carbocycles. The number of nitrogens with zero attached hydrogens (tertiary/aromatic N) is 4. The fraction of sp³-hybridized carbons (Fsp3) is 0.432. The number of allylic oxidation sites excluding steroid dienone is 11. The first-order valence-corrected chi connectivity index (χ1v) is 16.3. The van der Waals surface area contributed by atoms with E-state index < -0.39 is 5.91 Å². The molecule has 0 spiro atoms. The van der Waals surface area contributed by atoms with E-state index in [2.05, 4.69) is 73.6 Å². The van der Waals surface area contributed by atoms with Crippen molar-refractivity contribution in [3.63, 3.8) is 0 Å². The van der Waals surface area contributed by atoms with E-state index in [0.717, 1.165) is 108 Å². The van der Waals surface area contributed by atoms with Crippen molar-refractivity contribution >= 4 is 28.8 Å². The summed E-state index contributed by atoms with van der Waals surface area (Å²) in [5, 5.41) is 0. The molecule has 43 heavy (non-hydrogen) atoms. The smallest absolute Gasteiger partial charge is 0.253 e. The minimum atomic E-state index is -0.492. The number of rotatable bonds is 9. The Hall–Kier alpha value is -3.93. The van der Waals surface area contributed by atoms with Gasteiger partial charge >= 0.3 is 0 Å². The number of carbonyl (C=O) groups is 1. The summed E-state index contributed by atoms with van der Waals surface area (Å²) in [6, 6.07) is 0. The molecule has 5 aliphatic rings. The molecule has 0 unspecified atom stereocenters. The third kappa shape index (κ3) is 4.85. The highest BCUT2D eigenvalue weighted by molar-refractivity contribution is 6.31. The number of carbonyl (C=O) groups excluding carboxylic acids is 1. The van der Waals surface area contributed by atoms with E-state index in [1.807, 2.05) is 0 Å². The zero-order valence-corrected chi connectivity index (χ0v) is 27.2. The fourth-order valence-corrected chi connectivity index (χ4v) is 7.23. The van der Waals surface area contributed by atoms with Gasteiger partial charge in [0.05, 0.1) is 51.2 Å². The zero-order valence-electron chi connectivity index (χ0n) is 27.2. The standard InChI is InChI=1S/C37H45N5O/c1-9-21-22(10-2)35-31(37(38)43)36-26(14-6)25(13-5)34(42-36)28(16-8)33-24(12-4)23(11-3)32(41-33)27(15-7)29-18-17-20(39-29)19-30(21)40-35/h17-19H,9-16H2,1-8H3,(H2,38,43). The van der Waals surface area contributed by atoms with Crippen molar-refractivity contribution in [3.8, 4) is 0 Å². The zero-order chi connectivity index (χ0) is 31.0. The van der Waals surface area contributed by atoms with Gasteiger partial charge in [0.1, 0.15) is 0 Å². The van der Waals surface area contributed by atoms with E-state index >= 15 is 0 Å². The first kappa shape index (κ1) is 30.5. The molecule has 5 heterocycles. The molecular formula is C37H45N5O. The Morgan fingerprint density at radius 2 is 1.00 bits per heavy atom. The largest absolute Gasteiger partial charge is 0.365 e. The van der Waals surface area contributed by atoms with E-state index in [0.29, 0.717) is 17.0 Å². The molecule has 5 rings (SSSR count). The molecule has 6 nitrogen and oxygen atoms in total. The van der Waals surface area contributed by atoms with Crippen LogP contribution in [0.1, 0.15) is 107 Å². The molecule has 8 bridgehead atoms. The van der Waals surface area contributed by atoms with Crippen LogP contribution in [0.15, 0.2) is 111 Å². The summed E-state index contributed by atoms with van der Waals surface area (Å²) in [5.74, 6) is -0.492. The predicted molar refractivity (Wildman–Crippen MR) is 181 cm³/mol. The topological polar surface area (TPSA) is 92.5 Å². The minimum absolute atomic E-state index is 0.422. The van der Waals surface area contributed by atoms with Crippen LogP contribution in [0.25, 0.3) is 0 Å². The molecule has 0 fully saturated rings. The van der Waals surface area contributed by atoms with Gasteiger partial charge in [0.15, 0.2) is 0 Å². The number of hydrogen-bond acceptors (Lipinski definition) is 5. The second kappa shape index (κ2) is 12.4. The maximum Gasteiger partial charge on any atom is 0.253 e. The van der Waals surface area contributed by atoms with E-state index in [9.17, 15) is 4.79 Å². The molecule has 6 heteroatoms. The van der Waals surface area contributed by atoms with Crippen LogP contribution in [0.5, 0.6) is 0 Å². The lowest BCUT2D eigenvalue weighted by Gasteiger charge is -2.14. The molecule has 2 N–H and O–H groups in total. The quantitative estimate of drug-likeness (QED) is 0.293. The van der Waals surface area contributed by atoms with Crippen LogP contribution < -0.4 is 5.73 Å². The second-order valence-electron chi connectivity index (χ2n) is 11.3. The summed E-state index contributed by atoms with van der Waals surface area (Å²) in [6.45, 7) is 17.4. The van der Waals surface area contributed by atoms with Gasteiger partial charge in [-0.15, -0.1) is 0 Å². The van der Waals surface area contributed by atoms with Crippen LogP contribution in [0.4, 0.5) is 0 Å². The van der Waals surface area contributed by atoms with Crippen LogP contribution in [0.2, 0.25) is 0 Å². The van der Waals surface area contributed by atoms with Gasteiger partial charge in [-0.2, -0.15) is 0 Å². The molecule has 1 amide bonds. The summed E-state index contributed by atoms with van der Waals surface area (Å²) >= 11 is 0. The lowest BCUT2D eigenvalue weighted by molar-refractivity contribution is -0.114. The molecular weight excluding hydrogens is 530 g/mol. The monoisotopic (exact) mass is 575 g/mol. The van der Waals surface area contributed by atoms with Crippen molar-refractivity contribution in [2.24, 2.45) is 25.7 Å². The first-order valence-electron chi connectivity index (χ1n) is 16.3. The summed E-state index contributed by atoms with van der Waals surface area (Å²) < 4.78 is 0. The molecule has 0 aliphatic carbocycles. The Bertz CT molecular complexity index is 1680. The molecule has 224 valence electrons. The minimum Gasteiger partial charge on any atom is -0.365 e. The Labute approximate surface area is 256 Å². The first-order chi connectivity index (χ1) is 20.8. The van der Waals surface area contributed by atoms with Crippen LogP contribution in [-0.4, -0.2) is 28.8 Å². The van der Waals surface area contributed by atoms with Crippen molar-refractivity contribution in [1.29, 1.82) is 0 Å². The van der Waals surface area contributed by atoms with Crippen molar-refractivity contribution in [2.75, 3.05) is 0 Å². The second-order valence-corrected chi connectivity index (χ2v) is 11.3. The number of primary amides is 1. The Kier molecular flexibility index (Phi) is 8.77. The Morgan fingerprint density at radius 1 is 0.512 bits per heavy atom. The molecule has 0 aromatic rings. The summed E-state index contributed by atoms with van der Waals surface area (Å²) in [4.78, 5) is 34.4. The lowest BCUT2D eigenvalue weighted by Crippen LogP contribution is -2.23. The normalized spacial score (nSPS) is 20.1.